The van der Waals surface area contributed by atoms with Gasteiger partial charge in [0.15, 0.2) is 11.6 Å². The van der Waals surface area contributed by atoms with Crippen molar-refractivity contribution >= 4 is 0 Å². The summed E-state index contributed by atoms with van der Waals surface area (Å²) in [4.78, 5) is 0. The Hall–Kier alpha value is -1.90. The summed E-state index contributed by atoms with van der Waals surface area (Å²) in [5, 5.41) is 0. The van der Waals surface area contributed by atoms with Crippen LogP contribution in [0.15, 0.2) is 42.5 Å². The average Bonchev–Trinajstić information content (AvgIpc) is 2.50. The van der Waals surface area contributed by atoms with Gasteiger partial charge in [0.1, 0.15) is 11.5 Å². The Bertz CT molecular complexity index is 493. The van der Waals surface area contributed by atoms with Crippen LogP contribution in [-0.4, -0.2) is 0 Å². The third-order valence-corrected chi connectivity index (χ3v) is 2.15. The molecule has 0 aliphatic heterocycles. The fraction of sp³-hybridized carbons (Fsp3) is 0.294. The molecule has 0 amide bonds. The molecule has 2 aromatic rings. The van der Waals surface area contributed by atoms with E-state index in [1.807, 2.05) is 46.8 Å². The van der Waals surface area contributed by atoms with Gasteiger partial charge in [0.25, 0.3) is 0 Å². The Morgan fingerprint density at radius 2 is 1.20 bits per heavy atom. The fourth-order valence-electron chi connectivity index (χ4n) is 1.28. The Labute approximate surface area is 120 Å². The van der Waals surface area contributed by atoms with E-state index in [9.17, 15) is 8.78 Å². The normalized spacial score (nSPS) is 8.75. The molecular formula is C17H22F2O. The molecule has 0 saturated carbocycles. The van der Waals surface area contributed by atoms with Gasteiger partial charge in [-0.2, -0.15) is 0 Å². The van der Waals surface area contributed by atoms with Gasteiger partial charge in [-0.1, -0.05) is 45.4 Å². The third-order valence-electron chi connectivity index (χ3n) is 2.15. The van der Waals surface area contributed by atoms with Crippen LogP contribution in [0, 0.1) is 18.6 Å². The predicted octanol–water partition coefficient (Wildman–Crippen LogP) is 6.12. The molecular weight excluding hydrogens is 258 g/mol. The van der Waals surface area contributed by atoms with Crippen molar-refractivity contribution in [2.24, 2.45) is 0 Å². The van der Waals surface area contributed by atoms with Crippen LogP contribution in [-0.2, 0) is 0 Å². The predicted molar refractivity (Wildman–Crippen MR) is 80.3 cm³/mol. The van der Waals surface area contributed by atoms with Crippen LogP contribution in [0.4, 0.5) is 8.78 Å². The van der Waals surface area contributed by atoms with Crippen LogP contribution < -0.4 is 4.74 Å². The molecule has 0 fully saturated rings. The first-order chi connectivity index (χ1) is 9.65. The standard InChI is InChI=1S/C13H10F2O.2C2H6/c1-9-2-4-10(5-3-9)16-11-6-7-12(14)13(15)8-11;2*1-2/h2-8H,1H3;2*1-2H3. The van der Waals surface area contributed by atoms with Crippen LogP contribution in [0.1, 0.15) is 33.3 Å². The first-order valence-corrected chi connectivity index (χ1v) is 6.85. The van der Waals surface area contributed by atoms with E-state index in [0.29, 0.717) is 5.75 Å². The van der Waals surface area contributed by atoms with Gasteiger partial charge in [0, 0.05) is 6.07 Å². The van der Waals surface area contributed by atoms with Gasteiger partial charge in [0.2, 0.25) is 0 Å². The molecule has 3 heteroatoms. The number of hydrogen-bond donors (Lipinski definition) is 0. The monoisotopic (exact) mass is 280 g/mol. The lowest BCUT2D eigenvalue weighted by molar-refractivity contribution is 0.461. The highest BCUT2D eigenvalue weighted by Gasteiger charge is 2.03. The number of aryl methyl sites for hydroxylation is 1. The molecule has 0 aliphatic rings. The lowest BCUT2D eigenvalue weighted by Crippen LogP contribution is -1.88. The summed E-state index contributed by atoms with van der Waals surface area (Å²) in [6.45, 7) is 9.96. The van der Waals surface area contributed by atoms with Crippen LogP contribution in [0.2, 0.25) is 0 Å². The van der Waals surface area contributed by atoms with Gasteiger partial charge in [-0.15, -0.1) is 0 Å². The first kappa shape index (κ1) is 18.1. The van der Waals surface area contributed by atoms with E-state index in [0.717, 1.165) is 17.7 Å². The molecule has 0 N–H and O–H groups in total. The maximum absolute atomic E-state index is 12.9. The second kappa shape index (κ2) is 9.96. The Morgan fingerprint density at radius 1 is 0.700 bits per heavy atom. The van der Waals surface area contributed by atoms with Crippen molar-refractivity contribution < 1.29 is 13.5 Å². The summed E-state index contributed by atoms with van der Waals surface area (Å²) < 4.78 is 30.9. The molecule has 110 valence electrons. The molecule has 0 aromatic heterocycles. The van der Waals surface area contributed by atoms with E-state index >= 15 is 0 Å². The van der Waals surface area contributed by atoms with E-state index in [4.69, 9.17) is 4.74 Å². The average molecular weight is 280 g/mol. The van der Waals surface area contributed by atoms with Crippen LogP contribution in [0.5, 0.6) is 11.5 Å². The number of ether oxygens (including phenoxy) is 1. The summed E-state index contributed by atoms with van der Waals surface area (Å²) in [5.74, 6) is -0.916. The highest BCUT2D eigenvalue weighted by atomic mass is 19.2. The van der Waals surface area contributed by atoms with Crippen LogP contribution >= 0.6 is 0 Å². The quantitative estimate of drug-likeness (QED) is 0.644. The minimum absolute atomic E-state index is 0.280. The van der Waals surface area contributed by atoms with Crippen molar-refractivity contribution in [2.45, 2.75) is 34.6 Å². The Morgan fingerprint density at radius 3 is 1.70 bits per heavy atom. The van der Waals surface area contributed by atoms with E-state index in [-0.39, 0.29) is 5.75 Å². The maximum Gasteiger partial charge on any atom is 0.162 e. The van der Waals surface area contributed by atoms with E-state index in [1.165, 1.54) is 6.07 Å². The highest BCUT2D eigenvalue weighted by molar-refractivity contribution is 5.33. The van der Waals surface area contributed by atoms with Crippen molar-refractivity contribution in [1.29, 1.82) is 0 Å². The molecule has 0 radical (unpaired) electrons. The lowest BCUT2D eigenvalue weighted by atomic mass is 10.2. The second-order valence-electron chi connectivity index (χ2n) is 3.49. The zero-order chi connectivity index (χ0) is 15.5. The number of rotatable bonds is 2. The fourth-order valence-corrected chi connectivity index (χ4v) is 1.28. The molecule has 20 heavy (non-hydrogen) atoms. The maximum atomic E-state index is 12.9. The third kappa shape index (κ3) is 5.83. The number of halogens is 2. The molecule has 0 saturated heterocycles. The van der Waals surface area contributed by atoms with Crippen LogP contribution in [0.3, 0.4) is 0 Å². The van der Waals surface area contributed by atoms with Crippen molar-refractivity contribution in [3.8, 4) is 11.5 Å². The van der Waals surface area contributed by atoms with E-state index in [2.05, 4.69) is 0 Å². The Kier molecular flexibility index (Phi) is 9.01. The van der Waals surface area contributed by atoms with Crippen molar-refractivity contribution in [3.05, 3.63) is 59.7 Å². The molecule has 0 spiro atoms. The molecule has 0 unspecified atom stereocenters. The molecule has 2 rings (SSSR count). The summed E-state index contributed by atoms with van der Waals surface area (Å²) in [6, 6.07) is 10.8. The molecule has 0 bridgehead atoms. The number of hydrogen-bond acceptors (Lipinski definition) is 1. The van der Waals surface area contributed by atoms with Gasteiger partial charge in [-0.3, -0.25) is 0 Å². The molecule has 0 aliphatic carbocycles. The summed E-state index contributed by atoms with van der Waals surface area (Å²) in [6.07, 6.45) is 0. The summed E-state index contributed by atoms with van der Waals surface area (Å²) >= 11 is 0. The van der Waals surface area contributed by atoms with E-state index < -0.39 is 11.6 Å². The van der Waals surface area contributed by atoms with E-state index in [1.54, 1.807) is 12.1 Å². The molecule has 1 nitrogen and oxygen atoms in total. The zero-order valence-corrected chi connectivity index (χ0v) is 12.7. The Balaban J connectivity index is 0.000000829. The topological polar surface area (TPSA) is 9.23 Å². The second-order valence-corrected chi connectivity index (χ2v) is 3.49. The minimum atomic E-state index is -0.912. The van der Waals surface area contributed by atoms with Gasteiger partial charge in [-0.05, 0) is 31.2 Å². The highest BCUT2D eigenvalue weighted by Crippen LogP contribution is 2.23. The van der Waals surface area contributed by atoms with Gasteiger partial charge >= 0.3 is 0 Å². The zero-order valence-electron chi connectivity index (χ0n) is 12.7. The molecule has 0 heterocycles. The van der Waals surface area contributed by atoms with Gasteiger partial charge in [-0.25, -0.2) is 8.78 Å². The summed E-state index contributed by atoms with van der Waals surface area (Å²) in [7, 11) is 0. The van der Waals surface area contributed by atoms with Crippen molar-refractivity contribution in [1.82, 2.24) is 0 Å². The van der Waals surface area contributed by atoms with Gasteiger partial charge in [0.05, 0.1) is 0 Å². The number of benzene rings is 2. The smallest absolute Gasteiger partial charge is 0.162 e. The van der Waals surface area contributed by atoms with Crippen molar-refractivity contribution in [3.63, 3.8) is 0 Å². The van der Waals surface area contributed by atoms with Crippen LogP contribution in [0.25, 0.3) is 0 Å². The first-order valence-electron chi connectivity index (χ1n) is 6.85. The minimum Gasteiger partial charge on any atom is -0.457 e. The SMILES string of the molecule is CC.CC.Cc1ccc(Oc2ccc(F)c(F)c2)cc1. The molecule has 0 atom stereocenters. The van der Waals surface area contributed by atoms with Gasteiger partial charge < -0.3 is 4.74 Å². The van der Waals surface area contributed by atoms with Crippen molar-refractivity contribution in [2.75, 3.05) is 0 Å². The largest absolute Gasteiger partial charge is 0.457 e. The molecule has 2 aromatic carbocycles. The summed E-state index contributed by atoms with van der Waals surface area (Å²) in [5.41, 5.74) is 1.11. The lowest BCUT2D eigenvalue weighted by Gasteiger charge is -2.05.